The summed E-state index contributed by atoms with van der Waals surface area (Å²) in [4.78, 5) is 10.9. The third kappa shape index (κ3) is 2.48. The highest BCUT2D eigenvalue weighted by Crippen LogP contribution is 2.04. The molecule has 0 bridgehead atoms. The molecule has 1 saturated heterocycles. The molecule has 1 aliphatic rings. The highest BCUT2D eigenvalue weighted by Gasteiger charge is 2.24. The smallest absolute Gasteiger partial charge is 0.249 e. The first-order valence-electron chi connectivity index (χ1n) is 3.77. The Morgan fingerprint density at radius 3 is 3.09 bits per heavy atom. The van der Waals surface area contributed by atoms with Crippen molar-refractivity contribution in [3.8, 4) is 0 Å². The maximum absolute atomic E-state index is 10.9. The van der Waals surface area contributed by atoms with Gasteiger partial charge < -0.3 is 15.2 Å². The van der Waals surface area contributed by atoms with Crippen molar-refractivity contribution in [2.45, 2.75) is 25.6 Å². The molecule has 1 unspecified atom stereocenters. The molecular weight excluding hydrogens is 146 g/mol. The van der Waals surface area contributed by atoms with Crippen LogP contribution in [0.2, 0.25) is 0 Å². The van der Waals surface area contributed by atoms with E-state index in [-0.39, 0.29) is 18.6 Å². The topological polar surface area (TPSA) is 58.6 Å². The Bertz CT molecular complexity index is 147. The number of rotatable bonds is 3. The molecule has 4 nitrogen and oxygen atoms in total. The van der Waals surface area contributed by atoms with Crippen LogP contribution in [0, 0.1) is 0 Å². The zero-order valence-corrected chi connectivity index (χ0v) is 6.54. The van der Waals surface area contributed by atoms with Gasteiger partial charge in [-0.05, 0) is 13.3 Å². The minimum atomic E-state index is -0.497. The van der Waals surface area contributed by atoms with Crippen LogP contribution in [0.25, 0.3) is 0 Å². The summed E-state index contributed by atoms with van der Waals surface area (Å²) in [5.41, 5.74) is 0. The molecular formula is C7H13NO3. The van der Waals surface area contributed by atoms with Gasteiger partial charge in [-0.3, -0.25) is 4.79 Å². The van der Waals surface area contributed by atoms with Gasteiger partial charge in [-0.15, -0.1) is 0 Å². The molecule has 1 rings (SSSR count). The molecule has 1 amide bonds. The van der Waals surface area contributed by atoms with E-state index in [0.29, 0.717) is 13.0 Å². The van der Waals surface area contributed by atoms with Crippen molar-refractivity contribution in [1.29, 1.82) is 0 Å². The van der Waals surface area contributed by atoms with Crippen LogP contribution < -0.4 is 5.32 Å². The second-order valence-electron chi connectivity index (χ2n) is 2.75. The first-order chi connectivity index (χ1) is 5.20. The second-order valence-corrected chi connectivity index (χ2v) is 2.75. The molecule has 11 heavy (non-hydrogen) atoms. The number of carbonyl (C=O) groups is 1. The molecule has 1 aliphatic heterocycles. The summed E-state index contributed by atoms with van der Waals surface area (Å²) in [6.07, 6.45) is -0.126. The molecule has 1 heterocycles. The molecule has 0 aromatic rings. The predicted molar refractivity (Wildman–Crippen MR) is 39.0 cm³/mol. The Morgan fingerprint density at radius 1 is 1.91 bits per heavy atom. The zero-order chi connectivity index (χ0) is 8.27. The number of aliphatic hydroxyl groups excluding tert-OH is 1. The minimum Gasteiger partial charge on any atom is -0.391 e. The van der Waals surface area contributed by atoms with Crippen LogP contribution in [-0.4, -0.2) is 36.4 Å². The van der Waals surface area contributed by atoms with E-state index in [1.165, 1.54) is 0 Å². The van der Waals surface area contributed by atoms with Crippen molar-refractivity contribution >= 4 is 5.91 Å². The summed E-state index contributed by atoms with van der Waals surface area (Å²) in [5, 5.41) is 11.5. The van der Waals surface area contributed by atoms with Crippen LogP contribution in [0.4, 0.5) is 0 Å². The van der Waals surface area contributed by atoms with Crippen LogP contribution in [0.1, 0.15) is 13.3 Å². The molecule has 64 valence electrons. The molecule has 0 saturated carbocycles. The standard InChI is InChI=1S/C7H13NO3/c1-5(9)4-11-6-2-3-8-7(6)10/h5-6,9H,2-4H2,1H3,(H,8,10)/t5-,6?/m0/s1. The highest BCUT2D eigenvalue weighted by molar-refractivity contribution is 5.82. The summed E-state index contributed by atoms with van der Waals surface area (Å²) in [7, 11) is 0. The van der Waals surface area contributed by atoms with Gasteiger partial charge in [0.25, 0.3) is 0 Å². The Hall–Kier alpha value is -0.610. The summed E-state index contributed by atoms with van der Waals surface area (Å²) in [6, 6.07) is 0. The molecule has 0 aromatic carbocycles. The van der Waals surface area contributed by atoms with Crippen molar-refractivity contribution in [3.63, 3.8) is 0 Å². The number of ether oxygens (including phenoxy) is 1. The van der Waals surface area contributed by atoms with Gasteiger partial charge in [-0.25, -0.2) is 0 Å². The highest BCUT2D eigenvalue weighted by atomic mass is 16.5. The third-order valence-electron chi connectivity index (χ3n) is 1.54. The van der Waals surface area contributed by atoms with E-state index in [2.05, 4.69) is 5.32 Å². The number of aliphatic hydroxyl groups is 1. The molecule has 2 N–H and O–H groups in total. The summed E-state index contributed by atoms with van der Waals surface area (Å²) < 4.78 is 5.11. The van der Waals surface area contributed by atoms with Crippen molar-refractivity contribution in [2.75, 3.05) is 13.2 Å². The van der Waals surface area contributed by atoms with E-state index >= 15 is 0 Å². The maximum Gasteiger partial charge on any atom is 0.249 e. The van der Waals surface area contributed by atoms with Crippen LogP contribution in [0.5, 0.6) is 0 Å². The van der Waals surface area contributed by atoms with Gasteiger partial charge in [0.2, 0.25) is 5.91 Å². The first kappa shape index (κ1) is 8.49. The fraction of sp³-hybridized carbons (Fsp3) is 0.857. The lowest BCUT2D eigenvalue weighted by Gasteiger charge is -2.09. The molecule has 0 aromatic heterocycles. The third-order valence-corrected chi connectivity index (χ3v) is 1.54. The van der Waals surface area contributed by atoms with Gasteiger partial charge in [0.15, 0.2) is 0 Å². The molecule has 1 fully saturated rings. The Kier molecular flexibility index (Phi) is 2.84. The van der Waals surface area contributed by atoms with E-state index in [9.17, 15) is 4.79 Å². The monoisotopic (exact) mass is 159 g/mol. The zero-order valence-electron chi connectivity index (χ0n) is 6.54. The molecule has 0 radical (unpaired) electrons. The Labute approximate surface area is 65.5 Å². The normalized spacial score (nSPS) is 26.7. The maximum atomic E-state index is 10.9. The van der Waals surface area contributed by atoms with Gasteiger partial charge in [0.1, 0.15) is 6.10 Å². The van der Waals surface area contributed by atoms with Crippen molar-refractivity contribution in [2.24, 2.45) is 0 Å². The van der Waals surface area contributed by atoms with Gasteiger partial charge >= 0.3 is 0 Å². The van der Waals surface area contributed by atoms with E-state index in [0.717, 1.165) is 0 Å². The van der Waals surface area contributed by atoms with E-state index in [1.807, 2.05) is 0 Å². The molecule has 2 atom stereocenters. The molecule has 0 aliphatic carbocycles. The summed E-state index contributed by atoms with van der Waals surface area (Å²) >= 11 is 0. The number of amides is 1. The summed E-state index contributed by atoms with van der Waals surface area (Å²) in [6.45, 7) is 2.55. The van der Waals surface area contributed by atoms with E-state index in [4.69, 9.17) is 9.84 Å². The molecule has 0 spiro atoms. The average Bonchev–Trinajstić information content (AvgIpc) is 2.31. The minimum absolute atomic E-state index is 0.0642. The fourth-order valence-corrected chi connectivity index (χ4v) is 0.986. The Morgan fingerprint density at radius 2 is 2.64 bits per heavy atom. The lowest BCUT2D eigenvalue weighted by molar-refractivity contribution is -0.130. The lowest BCUT2D eigenvalue weighted by Crippen LogP contribution is -2.27. The van der Waals surface area contributed by atoms with E-state index < -0.39 is 6.10 Å². The van der Waals surface area contributed by atoms with Crippen LogP contribution in [0.3, 0.4) is 0 Å². The first-order valence-corrected chi connectivity index (χ1v) is 3.77. The number of hydrogen-bond acceptors (Lipinski definition) is 3. The predicted octanol–water partition coefficient (Wildman–Crippen LogP) is -0.728. The largest absolute Gasteiger partial charge is 0.391 e. The van der Waals surface area contributed by atoms with Crippen molar-refractivity contribution in [1.82, 2.24) is 5.32 Å². The number of nitrogens with one attached hydrogen (secondary N) is 1. The van der Waals surface area contributed by atoms with Crippen LogP contribution in [0.15, 0.2) is 0 Å². The van der Waals surface area contributed by atoms with Gasteiger partial charge in [-0.2, -0.15) is 0 Å². The van der Waals surface area contributed by atoms with Crippen molar-refractivity contribution < 1.29 is 14.6 Å². The number of hydrogen-bond donors (Lipinski definition) is 2. The van der Waals surface area contributed by atoms with Gasteiger partial charge in [0.05, 0.1) is 12.7 Å². The van der Waals surface area contributed by atoms with Crippen LogP contribution in [-0.2, 0) is 9.53 Å². The van der Waals surface area contributed by atoms with Gasteiger partial charge in [0, 0.05) is 6.54 Å². The number of carbonyl (C=O) groups excluding carboxylic acids is 1. The summed E-state index contributed by atoms with van der Waals surface area (Å²) in [5.74, 6) is -0.0642. The average molecular weight is 159 g/mol. The SMILES string of the molecule is C[C@H](O)COC1CCNC1=O. The van der Waals surface area contributed by atoms with Gasteiger partial charge in [-0.1, -0.05) is 0 Å². The fourth-order valence-electron chi connectivity index (χ4n) is 0.986. The van der Waals surface area contributed by atoms with Crippen molar-refractivity contribution in [3.05, 3.63) is 0 Å². The van der Waals surface area contributed by atoms with E-state index in [1.54, 1.807) is 6.92 Å². The lowest BCUT2D eigenvalue weighted by atomic mass is 10.3. The Balaban J connectivity index is 2.20. The second kappa shape index (κ2) is 3.69. The van der Waals surface area contributed by atoms with Crippen LogP contribution >= 0.6 is 0 Å². The quantitative estimate of drug-likeness (QED) is 0.571. The molecule has 4 heteroatoms.